The summed E-state index contributed by atoms with van der Waals surface area (Å²) in [6.45, 7) is 12.7. The third-order valence-corrected chi connectivity index (χ3v) is 6.45. The van der Waals surface area contributed by atoms with E-state index in [1.807, 2.05) is 13.8 Å². The molecular weight excluding hydrogens is 288 g/mol. The van der Waals surface area contributed by atoms with E-state index in [2.05, 4.69) is 32.6 Å². The lowest BCUT2D eigenvalue weighted by Crippen LogP contribution is -2.34. The van der Waals surface area contributed by atoms with Gasteiger partial charge in [-0.2, -0.15) is 0 Å². The third-order valence-electron chi connectivity index (χ3n) is 6.45. The summed E-state index contributed by atoms with van der Waals surface area (Å²) in [5, 5.41) is 10.4. The predicted octanol–water partition coefficient (Wildman–Crippen LogP) is 3.73. The maximum absolute atomic E-state index is 12.9. The summed E-state index contributed by atoms with van der Waals surface area (Å²) >= 11 is 0. The molecule has 0 amide bonds. The van der Waals surface area contributed by atoms with Gasteiger partial charge in [-0.3, -0.25) is 4.79 Å². The molecule has 0 spiro atoms. The van der Waals surface area contributed by atoms with Gasteiger partial charge in [0.1, 0.15) is 11.7 Å². The topological polar surface area (TPSA) is 49.8 Å². The van der Waals surface area contributed by atoms with Crippen molar-refractivity contribution in [3.63, 3.8) is 0 Å². The molecule has 1 aliphatic heterocycles. The Labute approximate surface area is 139 Å². The van der Waals surface area contributed by atoms with Crippen LogP contribution in [0.15, 0.2) is 35.5 Å². The van der Waals surface area contributed by atoms with Crippen molar-refractivity contribution in [1.29, 1.82) is 0 Å². The van der Waals surface area contributed by atoms with Crippen LogP contribution in [-0.2, 0) is 9.53 Å². The van der Waals surface area contributed by atoms with Crippen molar-refractivity contribution < 1.29 is 14.6 Å². The summed E-state index contributed by atoms with van der Waals surface area (Å²) in [4.78, 5) is 12.9. The van der Waals surface area contributed by atoms with Crippen molar-refractivity contribution >= 4 is 5.78 Å². The molecule has 0 saturated carbocycles. The fraction of sp³-hybridized carbons (Fsp3) is 0.650. The van der Waals surface area contributed by atoms with Crippen LogP contribution < -0.4 is 0 Å². The maximum Gasteiger partial charge on any atom is 0.194 e. The minimum Gasteiger partial charge on any atom is -0.389 e. The standard InChI is InChI=1S/C20H28O3/c1-12-8-10-19(4)13(2)6-7-15(14(19)3)17(22)18-20(5,23-18)11-9-16(12)21/h7-8,13,16,18,21H,3,6,9-11H2,1-2,4-5H3. The molecule has 0 aromatic carbocycles. The van der Waals surface area contributed by atoms with E-state index in [0.29, 0.717) is 18.8 Å². The number of epoxide rings is 1. The van der Waals surface area contributed by atoms with Gasteiger partial charge >= 0.3 is 0 Å². The summed E-state index contributed by atoms with van der Waals surface area (Å²) in [5.74, 6) is 0.494. The first-order chi connectivity index (χ1) is 10.7. The zero-order valence-electron chi connectivity index (χ0n) is 14.7. The average Bonchev–Trinajstić information content (AvgIpc) is 3.19. The van der Waals surface area contributed by atoms with Crippen LogP contribution in [0.25, 0.3) is 0 Å². The minimum atomic E-state index is -0.461. The fourth-order valence-electron chi connectivity index (χ4n) is 3.91. The van der Waals surface area contributed by atoms with Gasteiger partial charge in [0.25, 0.3) is 0 Å². The summed E-state index contributed by atoms with van der Waals surface area (Å²) in [7, 11) is 0. The molecule has 3 rings (SSSR count). The van der Waals surface area contributed by atoms with Crippen molar-refractivity contribution in [3.8, 4) is 0 Å². The molecule has 0 aromatic rings. The molecule has 5 atom stereocenters. The Morgan fingerprint density at radius 1 is 1.35 bits per heavy atom. The van der Waals surface area contributed by atoms with Gasteiger partial charge in [-0.15, -0.1) is 0 Å². The van der Waals surface area contributed by atoms with E-state index in [9.17, 15) is 9.90 Å². The Morgan fingerprint density at radius 2 is 2.04 bits per heavy atom. The number of ether oxygens (including phenoxy) is 1. The zero-order chi connectivity index (χ0) is 17.0. The minimum absolute atomic E-state index is 0.0754. The van der Waals surface area contributed by atoms with Gasteiger partial charge in [0, 0.05) is 5.57 Å². The molecule has 126 valence electrons. The molecule has 5 unspecified atom stereocenters. The Morgan fingerprint density at radius 3 is 2.74 bits per heavy atom. The second-order valence-electron chi connectivity index (χ2n) is 8.03. The van der Waals surface area contributed by atoms with Crippen LogP contribution in [0.3, 0.4) is 0 Å². The molecule has 1 saturated heterocycles. The monoisotopic (exact) mass is 316 g/mol. The number of hydrogen-bond acceptors (Lipinski definition) is 3. The lowest BCUT2D eigenvalue weighted by molar-refractivity contribution is -0.116. The molecule has 0 radical (unpaired) electrons. The lowest BCUT2D eigenvalue weighted by atomic mass is 9.62. The highest BCUT2D eigenvalue weighted by Crippen LogP contribution is 2.51. The molecule has 0 aromatic heterocycles. The summed E-state index contributed by atoms with van der Waals surface area (Å²) < 4.78 is 5.75. The van der Waals surface area contributed by atoms with Gasteiger partial charge in [0.15, 0.2) is 5.78 Å². The van der Waals surface area contributed by atoms with E-state index in [1.165, 1.54) is 0 Å². The Balaban J connectivity index is 2.02. The van der Waals surface area contributed by atoms with Gasteiger partial charge in [0.2, 0.25) is 0 Å². The fourth-order valence-corrected chi connectivity index (χ4v) is 3.91. The van der Waals surface area contributed by atoms with E-state index in [0.717, 1.165) is 29.6 Å². The molecule has 23 heavy (non-hydrogen) atoms. The van der Waals surface area contributed by atoms with E-state index >= 15 is 0 Å². The number of allylic oxidation sites excluding steroid dienone is 3. The van der Waals surface area contributed by atoms with Crippen LogP contribution in [0.5, 0.6) is 0 Å². The number of carbonyl (C=O) groups excluding carboxylic acids is 1. The highest BCUT2D eigenvalue weighted by atomic mass is 16.6. The summed E-state index contributed by atoms with van der Waals surface area (Å²) in [5.41, 5.74) is 2.13. The summed E-state index contributed by atoms with van der Waals surface area (Å²) in [6.07, 6.45) is 6.37. The van der Waals surface area contributed by atoms with E-state index in [4.69, 9.17) is 4.74 Å². The summed E-state index contributed by atoms with van der Waals surface area (Å²) in [6, 6.07) is 0. The van der Waals surface area contributed by atoms with Crippen molar-refractivity contribution in [3.05, 3.63) is 35.5 Å². The molecule has 3 nitrogen and oxygen atoms in total. The number of aliphatic hydroxyl groups excluding tert-OH is 1. The van der Waals surface area contributed by atoms with Crippen LogP contribution in [-0.4, -0.2) is 28.7 Å². The SMILES string of the molecule is C=C1C2=CCC(C)C1(C)CC=C(C)C(O)CCC1(C)OC1C2=O. The largest absolute Gasteiger partial charge is 0.389 e. The normalized spacial score (nSPS) is 44.5. The van der Waals surface area contributed by atoms with Crippen molar-refractivity contribution in [2.75, 3.05) is 0 Å². The molecule has 1 N–H and O–H groups in total. The van der Waals surface area contributed by atoms with Gasteiger partial charge < -0.3 is 9.84 Å². The third kappa shape index (κ3) is 2.64. The first kappa shape index (κ1) is 16.7. The van der Waals surface area contributed by atoms with E-state index in [-0.39, 0.29) is 17.3 Å². The average molecular weight is 316 g/mol. The highest BCUT2D eigenvalue weighted by Gasteiger charge is 2.58. The quantitative estimate of drug-likeness (QED) is 0.547. The van der Waals surface area contributed by atoms with Gasteiger partial charge in [-0.1, -0.05) is 32.6 Å². The number of rotatable bonds is 0. The number of hydrogen-bond donors (Lipinski definition) is 1. The number of fused-ring (bicyclic) bond motifs is 3. The number of carbonyl (C=O) groups is 1. The van der Waals surface area contributed by atoms with Gasteiger partial charge in [-0.25, -0.2) is 0 Å². The Bertz CT molecular complexity index is 614. The zero-order valence-corrected chi connectivity index (χ0v) is 14.7. The first-order valence-electron chi connectivity index (χ1n) is 8.66. The van der Waals surface area contributed by atoms with Crippen molar-refractivity contribution in [1.82, 2.24) is 0 Å². The van der Waals surface area contributed by atoms with Crippen molar-refractivity contribution in [2.45, 2.75) is 71.2 Å². The van der Waals surface area contributed by atoms with Crippen LogP contribution in [0.4, 0.5) is 0 Å². The lowest BCUT2D eigenvalue weighted by Gasteiger charge is -2.41. The molecule has 3 heteroatoms. The van der Waals surface area contributed by atoms with Crippen LogP contribution >= 0.6 is 0 Å². The molecule has 2 bridgehead atoms. The van der Waals surface area contributed by atoms with Gasteiger partial charge in [0.05, 0.1) is 6.10 Å². The van der Waals surface area contributed by atoms with Crippen molar-refractivity contribution in [2.24, 2.45) is 11.3 Å². The maximum atomic E-state index is 12.9. The predicted molar refractivity (Wildman–Crippen MR) is 91.0 cm³/mol. The van der Waals surface area contributed by atoms with Crippen LogP contribution in [0.2, 0.25) is 0 Å². The number of aliphatic hydroxyl groups is 1. The molecular formula is C20H28O3. The highest BCUT2D eigenvalue weighted by molar-refractivity contribution is 6.05. The molecule has 1 heterocycles. The second kappa shape index (κ2) is 5.42. The van der Waals surface area contributed by atoms with E-state index in [1.54, 1.807) is 0 Å². The molecule has 1 fully saturated rings. The first-order valence-corrected chi connectivity index (χ1v) is 8.66. The number of ketones is 1. The van der Waals surface area contributed by atoms with E-state index < -0.39 is 11.7 Å². The molecule has 3 aliphatic rings. The second-order valence-corrected chi connectivity index (χ2v) is 8.03. The number of Topliss-reactive ketones (excluding diaryl/α,β-unsaturated/α-hetero) is 1. The Hall–Kier alpha value is -1.19. The smallest absolute Gasteiger partial charge is 0.194 e. The van der Waals surface area contributed by atoms with Gasteiger partial charge in [-0.05, 0) is 62.0 Å². The molecule has 2 aliphatic carbocycles. The van der Waals surface area contributed by atoms with Crippen LogP contribution in [0.1, 0.15) is 53.4 Å². The Kier molecular flexibility index (Phi) is 3.93. The van der Waals surface area contributed by atoms with Crippen LogP contribution in [0, 0.1) is 11.3 Å².